The van der Waals surface area contributed by atoms with Crippen LogP contribution in [0.25, 0.3) is 0 Å². The summed E-state index contributed by atoms with van der Waals surface area (Å²) >= 11 is 6.04. The number of rotatable bonds is 4. The number of para-hydroxylation sites is 1. The molecule has 0 atom stereocenters. The van der Waals surface area contributed by atoms with E-state index in [0.29, 0.717) is 27.8 Å². The van der Waals surface area contributed by atoms with Crippen LogP contribution in [0.5, 0.6) is 11.5 Å². The molecule has 6 heteroatoms. The fourth-order valence-electron chi connectivity index (χ4n) is 2.15. The summed E-state index contributed by atoms with van der Waals surface area (Å²) in [5.41, 5.74) is 7.27. The zero-order valence-corrected chi connectivity index (χ0v) is 14.0. The van der Waals surface area contributed by atoms with Crippen molar-refractivity contribution in [3.63, 3.8) is 0 Å². The predicted octanol–water partition coefficient (Wildman–Crippen LogP) is 5.36. The highest BCUT2D eigenvalue weighted by molar-refractivity contribution is 6.34. The fraction of sp³-hybridized carbons (Fsp3) is 0. The van der Waals surface area contributed by atoms with Crippen molar-refractivity contribution in [3.8, 4) is 11.5 Å². The Balaban J connectivity index is 1.60. The molecule has 3 rings (SSSR count). The maximum atomic E-state index is 12.1. The number of urea groups is 1. The number of carbonyl (C=O) groups excluding carboxylic acids is 1. The maximum Gasteiger partial charge on any atom is 0.323 e. The zero-order chi connectivity index (χ0) is 17.6. The Morgan fingerprint density at radius 2 is 1.56 bits per heavy atom. The van der Waals surface area contributed by atoms with Gasteiger partial charge in [-0.1, -0.05) is 29.8 Å². The second kappa shape index (κ2) is 7.59. The molecule has 0 spiro atoms. The molecule has 126 valence electrons. The second-order valence-electron chi connectivity index (χ2n) is 5.26. The first kappa shape index (κ1) is 16.7. The molecule has 0 fully saturated rings. The minimum Gasteiger partial charge on any atom is -0.457 e. The van der Waals surface area contributed by atoms with Crippen LogP contribution >= 0.6 is 11.6 Å². The minimum atomic E-state index is -0.400. The van der Waals surface area contributed by atoms with Crippen molar-refractivity contribution in [3.05, 3.63) is 77.8 Å². The van der Waals surface area contributed by atoms with Gasteiger partial charge in [-0.15, -0.1) is 0 Å². The third-order valence-electron chi connectivity index (χ3n) is 3.33. The number of hydrogen-bond donors (Lipinski definition) is 3. The van der Waals surface area contributed by atoms with E-state index in [0.717, 1.165) is 5.75 Å². The molecule has 0 aliphatic heterocycles. The monoisotopic (exact) mass is 353 g/mol. The first-order valence-corrected chi connectivity index (χ1v) is 7.94. The third kappa shape index (κ3) is 4.65. The standard InChI is InChI=1S/C19H16ClN3O2/c20-17-12-13(21)6-11-18(17)23-19(24)22-14-7-9-16(10-8-14)25-15-4-2-1-3-5-15/h1-12H,21H2,(H2,22,23,24). The van der Waals surface area contributed by atoms with Crippen molar-refractivity contribution in [2.45, 2.75) is 0 Å². The number of nitrogens with two attached hydrogens (primary N) is 1. The number of ether oxygens (including phenoxy) is 1. The molecule has 5 nitrogen and oxygen atoms in total. The number of anilines is 3. The Hall–Kier alpha value is -3.18. The van der Waals surface area contributed by atoms with E-state index < -0.39 is 6.03 Å². The third-order valence-corrected chi connectivity index (χ3v) is 3.65. The normalized spacial score (nSPS) is 10.1. The number of hydrogen-bond acceptors (Lipinski definition) is 3. The van der Waals surface area contributed by atoms with Crippen LogP contribution < -0.4 is 21.1 Å². The van der Waals surface area contributed by atoms with Crippen LogP contribution in [0.2, 0.25) is 5.02 Å². The number of benzene rings is 3. The van der Waals surface area contributed by atoms with Gasteiger partial charge in [0.2, 0.25) is 0 Å². The first-order valence-electron chi connectivity index (χ1n) is 7.56. The van der Waals surface area contributed by atoms with E-state index in [9.17, 15) is 4.79 Å². The van der Waals surface area contributed by atoms with Crippen molar-refractivity contribution in [2.24, 2.45) is 0 Å². The van der Waals surface area contributed by atoms with Crippen molar-refractivity contribution in [2.75, 3.05) is 16.4 Å². The van der Waals surface area contributed by atoms with Gasteiger partial charge < -0.3 is 21.1 Å². The van der Waals surface area contributed by atoms with Crippen LogP contribution in [-0.4, -0.2) is 6.03 Å². The number of carbonyl (C=O) groups is 1. The topological polar surface area (TPSA) is 76.4 Å². The van der Waals surface area contributed by atoms with Crippen LogP contribution in [0.4, 0.5) is 21.9 Å². The Morgan fingerprint density at radius 1 is 0.880 bits per heavy atom. The lowest BCUT2D eigenvalue weighted by atomic mass is 10.3. The lowest BCUT2D eigenvalue weighted by molar-refractivity contribution is 0.262. The Kier molecular flexibility index (Phi) is 5.06. The van der Waals surface area contributed by atoms with Crippen LogP contribution in [0, 0.1) is 0 Å². The van der Waals surface area contributed by atoms with E-state index in [1.54, 1.807) is 42.5 Å². The van der Waals surface area contributed by atoms with E-state index in [1.807, 2.05) is 30.3 Å². The summed E-state index contributed by atoms with van der Waals surface area (Å²) in [6.07, 6.45) is 0. The van der Waals surface area contributed by atoms with Crippen LogP contribution in [-0.2, 0) is 0 Å². The second-order valence-corrected chi connectivity index (χ2v) is 5.67. The van der Waals surface area contributed by atoms with E-state index in [-0.39, 0.29) is 0 Å². The predicted molar refractivity (Wildman–Crippen MR) is 101 cm³/mol. The summed E-state index contributed by atoms with van der Waals surface area (Å²) in [6, 6.07) is 21.0. The van der Waals surface area contributed by atoms with Crippen LogP contribution in [0.1, 0.15) is 0 Å². The molecule has 0 aromatic heterocycles. The summed E-state index contributed by atoms with van der Waals surface area (Å²) in [6.45, 7) is 0. The number of nitrogen functional groups attached to an aromatic ring is 1. The molecular formula is C19H16ClN3O2. The van der Waals surface area contributed by atoms with Gasteiger partial charge in [-0.25, -0.2) is 4.79 Å². The van der Waals surface area contributed by atoms with Gasteiger partial charge in [-0.05, 0) is 54.6 Å². The van der Waals surface area contributed by atoms with Gasteiger partial charge in [0.25, 0.3) is 0 Å². The summed E-state index contributed by atoms with van der Waals surface area (Å²) in [4.78, 5) is 12.1. The molecule has 3 aromatic carbocycles. The summed E-state index contributed by atoms with van der Waals surface area (Å²) in [5.74, 6) is 1.43. The van der Waals surface area contributed by atoms with Crippen molar-refractivity contribution >= 4 is 34.7 Å². The molecular weight excluding hydrogens is 338 g/mol. The van der Waals surface area contributed by atoms with Crippen molar-refractivity contribution in [1.82, 2.24) is 0 Å². The van der Waals surface area contributed by atoms with E-state index in [1.165, 1.54) is 0 Å². The number of nitrogens with one attached hydrogen (secondary N) is 2. The molecule has 0 saturated carbocycles. The molecule has 0 heterocycles. The molecule has 25 heavy (non-hydrogen) atoms. The lowest BCUT2D eigenvalue weighted by Crippen LogP contribution is -2.19. The Labute approximate surface area is 150 Å². The average molecular weight is 354 g/mol. The van der Waals surface area contributed by atoms with Gasteiger partial charge in [0.15, 0.2) is 0 Å². The zero-order valence-electron chi connectivity index (χ0n) is 13.2. The van der Waals surface area contributed by atoms with E-state index >= 15 is 0 Å². The Morgan fingerprint density at radius 3 is 2.24 bits per heavy atom. The molecule has 0 unspecified atom stereocenters. The van der Waals surface area contributed by atoms with Crippen LogP contribution in [0.3, 0.4) is 0 Å². The summed E-state index contributed by atoms with van der Waals surface area (Å²) in [7, 11) is 0. The fourth-order valence-corrected chi connectivity index (χ4v) is 2.38. The first-order chi connectivity index (χ1) is 12.1. The molecule has 0 aliphatic carbocycles. The largest absolute Gasteiger partial charge is 0.457 e. The van der Waals surface area contributed by atoms with Crippen molar-refractivity contribution in [1.29, 1.82) is 0 Å². The molecule has 2 amide bonds. The molecule has 3 aromatic rings. The van der Waals surface area contributed by atoms with Gasteiger partial charge >= 0.3 is 6.03 Å². The van der Waals surface area contributed by atoms with Gasteiger partial charge in [0.05, 0.1) is 10.7 Å². The van der Waals surface area contributed by atoms with Crippen LogP contribution in [0.15, 0.2) is 72.8 Å². The van der Waals surface area contributed by atoms with Gasteiger partial charge in [0.1, 0.15) is 11.5 Å². The molecule has 0 aliphatic rings. The molecule has 0 radical (unpaired) electrons. The smallest absolute Gasteiger partial charge is 0.323 e. The summed E-state index contributed by atoms with van der Waals surface area (Å²) < 4.78 is 5.70. The molecule has 4 N–H and O–H groups in total. The van der Waals surface area contributed by atoms with Crippen molar-refractivity contribution < 1.29 is 9.53 Å². The maximum absolute atomic E-state index is 12.1. The van der Waals surface area contributed by atoms with Gasteiger partial charge in [-0.2, -0.15) is 0 Å². The SMILES string of the molecule is Nc1ccc(NC(=O)Nc2ccc(Oc3ccccc3)cc2)c(Cl)c1. The quantitative estimate of drug-likeness (QED) is 0.553. The number of halogens is 1. The van der Waals surface area contributed by atoms with E-state index in [4.69, 9.17) is 22.1 Å². The lowest BCUT2D eigenvalue weighted by Gasteiger charge is -2.10. The summed E-state index contributed by atoms with van der Waals surface area (Å²) in [5, 5.41) is 5.78. The minimum absolute atomic E-state index is 0.377. The number of amides is 2. The average Bonchev–Trinajstić information content (AvgIpc) is 2.60. The van der Waals surface area contributed by atoms with E-state index in [2.05, 4.69) is 10.6 Å². The molecule has 0 bridgehead atoms. The highest BCUT2D eigenvalue weighted by Crippen LogP contribution is 2.25. The highest BCUT2D eigenvalue weighted by Gasteiger charge is 2.06. The molecule has 0 saturated heterocycles. The highest BCUT2D eigenvalue weighted by atomic mass is 35.5. The Bertz CT molecular complexity index is 868. The van der Waals surface area contributed by atoms with Gasteiger partial charge in [-0.3, -0.25) is 0 Å². The van der Waals surface area contributed by atoms with Gasteiger partial charge in [0, 0.05) is 11.4 Å².